The third kappa shape index (κ3) is 5.38. The summed E-state index contributed by atoms with van der Waals surface area (Å²) in [5.41, 5.74) is 3.30. The zero-order valence-corrected chi connectivity index (χ0v) is 17.4. The zero-order valence-electron chi connectivity index (χ0n) is 15.8. The number of halogens is 1. The number of amides is 1. The van der Waals surface area contributed by atoms with Crippen molar-refractivity contribution in [1.29, 1.82) is 5.26 Å². The summed E-state index contributed by atoms with van der Waals surface area (Å²) >= 11 is 3.36. The van der Waals surface area contributed by atoms with Gasteiger partial charge in [0.15, 0.2) is 18.1 Å². The fraction of sp³-hybridized carbons (Fsp3) is 0.300. The molecular weight excluding hydrogens is 410 g/mol. The normalized spacial score (nSPS) is 10.1. The number of carbonyl (C=O) groups excluding carboxylic acids is 1. The number of ether oxygens (including phenoxy) is 2. The predicted molar refractivity (Wildman–Crippen MR) is 110 cm³/mol. The van der Waals surface area contributed by atoms with E-state index in [4.69, 9.17) is 14.7 Å². The van der Waals surface area contributed by atoms with Crippen LogP contribution in [-0.2, 0) is 4.79 Å². The van der Waals surface area contributed by atoms with Crippen molar-refractivity contribution in [1.82, 2.24) is 0 Å². The molecule has 0 atom stereocenters. The second kappa shape index (κ2) is 9.28. The summed E-state index contributed by atoms with van der Waals surface area (Å²) in [6.07, 6.45) is 0. The molecule has 0 aliphatic rings. The van der Waals surface area contributed by atoms with Gasteiger partial charge in [0, 0.05) is 31.5 Å². The average molecular weight is 432 g/mol. The average Bonchev–Trinajstić information content (AvgIpc) is 2.60. The van der Waals surface area contributed by atoms with Gasteiger partial charge in [0.2, 0.25) is 0 Å². The number of nitrogens with zero attached hydrogens (tertiary/aromatic N) is 2. The highest BCUT2D eigenvalue weighted by molar-refractivity contribution is 9.10. The monoisotopic (exact) mass is 431 g/mol. The number of nitrogens with one attached hydrogen (secondary N) is 1. The van der Waals surface area contributed by atoms with E-state index in [0.29, 0.717) is 33.8 Å². The van der Waals surface area contributed by atoms with Gasteiger partial charge >= 0.3 is 0 Å². The molecule has 0 saturated heterocycles. The molecule has 0 radical (unpaired) electrons. The molecule has 142 valence electrons. The highest BCUT2D eigenvalue weighted by atomic mass is 79.9. The molecule has 2 rings (SSSR count). The first kappa shape index (κ1) is 20.6. The minimum Gasteiger partial charge on any atom is -0.490 e. The van der Waals surface area contributed by atoms with Crippen molar-refractivity contribution in [3.63, 3.8) is 0 Å². The van der Waals surface area contributed by atoms with Crippen molar-refractivity contribution in [2.75, 3.05) is 37.5 Å². The van der Waals surface area contributed by atoms with E-state index in [9.17, 15) is 4.79 Å². The number of anilines is 2. The molecule has 2 aromatic rings. The Hall–Kier alpha value is -2.72. The minimum atomic E-state index is -0.286. The van der Waals surface area contributed by atoms with Crippen LogP contribution in [0.1, 0.15) is 18.1 Å². The lowest BCUT2D eigenvalue weighted by Crippen LogP contribution is -2.21. The maximum atomic E-state index is 12.3. The van der Waals surface area contributed by atoms with Crippen molar-refractivity contribution in [3.05, 3.63) is 45.9 Å². The fourth-order valence-electron chi connectivity index (χ4n) is 2.61. The molecule has 1 amide bonds. The Morgan fingerprint density at radius 1 is 1.26 bits per heavy atom. The topological polar surface area (TPSA) is 74.6 Å². The molecule has 0 spiro atoms. The van der Waals surface area contributed by atoms with E-state index < -0.39 is 0 Å². The first-order valence-electron chi connectivity index (χ1n) is 8.42. The van der Waals surface area contributed by atoms with E-state index in [2.05, 4.69) is 27.3 Å². The molecule has 27 heavy (non-hydrogen) atoms. The number of rotatable bonds is 7. The number of hydrogen-bond donors (Lipinski definition) is 1. The predicted octanol–water partition coefficient (Wildman–Crippen LogP) is 4.11. The summed E-state index contributed by atoms with van der Waals surface area (Å²) in [6.45, 7) is 4.06. The van der Waals surface area contributed by atoms with E-state index in [1.54, 1.807) is 12.1 Å². The summed E-state index contributed by atoms with van der Waals surface area (Å²) < 4.78 is 11.7. The van der Waals surface area contributed by atoms with Crippen molar-refractivity contribution in [2.24, 2.45) is 0 Å². The molecule has 0 aliphatic carbocycles. The SMILES string of the molecule is CCOc1cc(C#N)cc(Br)c1OCC(=O)Nc1ccc(N(C)C)c(C)c1. The minimum absolute atomic E-state index is 0.181. The summed E-state index contributed by atoms with van der Waals surface area (Å²) in [4.78, 5) is 14.3. The Labute approximate surface area is 167 Å². The number of nitriles is 1. The number of benzene rings is 2. The lowest BCUT2D eigenvalue weighted by Gasteiger charge is -2.17. The third-order valence-electron chi connectivity index (χ3n) is 3.75. The largest absolute Gasteiger partial charge is 0.490 e. The number of aryl methyl sites for hydroxylation is 1. The van der Waals surface area contributed by atoms with Gasteiger partial charge in [-0.25, -0.2) is 0 Å². The van der Waals surface area contributed by atoms with Crippen molar-refractivity contribution in [2.45, 2.75) is 13.8 Å². The molecule has 0 unspecified atom stereocenters. The van der Waals surface area contributed by atoms with E-state index >= 15 is 0 Å². The van der Waals surface area contributed by atoms with Crippen LogP contribution in [-0.4, -0.2) is 33.2 Å². The molecule has 6 nitrogen and oxygen atoms in total. The van der Waals surface area contributed by atoms with Crippen LogP contribution in [0.2, 0.25) is 0 Å². The molecule has 0 bridgehead atoms. The van der Waals surface area contributed by atoms with Gasteiger partial charge in [-0.05, 0) is 59.6 Å². The van der Waals surface area contributed by atoms with Crippen LogP contribution in [0.15, 0.2) is 34.8 Å². The molecule has 0 aromatic heterocycles. The van der Waals surface area contributed by atoms with Crippen molar-refractivity contribution < 1.29 is 14.3 Å². The van der Waals surface area contributed by atoms with E-state index in [1.165, 1.54) is 0 Å². The first-order valence-corrected chi connectivity index (χ1v) is 9.22. The smallest absolute Gasteiger partial charge is 0.262 e. The molecule has 2 aromatic carbocycles. The molecule has 0 aliphatic heterocycles. The lowest BCUT2D eigenvalue weighted by atomic mass is 10.1. The zero-order chi connectivity index (χ0) is 20.0. The maximum absolute atomic E-state index is 12.3. The molecular formula is C20H22BrN3O3. The van der Waals surface area contributed by atoms with Crippen LogP contribution in [0.4, 0.5) is 11.4 Å². The van der Waals surface area contributed by atoms with Crippen LogP contribution in [0.3, 0.4) is 0 Å². The Balaban J connectivity index is 2.08. The number of carbonyl (C=O) groups is 1. The Kier molecular flexibility index (Phi) is 7.08. The standard InChI is InChI=1S/C20H22BrN3O3/c1-5-26-18-10-14(11-22)9-16(21)20(18)27-12-19(25)23-15-6-7-17(24(3)4)13(2)8-15/h6-10H,5,12H2,1-4H3,(H,23,25). The molecule has 0 fully saturated rings. The lowest BCUT2D eigenvalue weighted by molar-refractivity contribution is -0.118. The van der Waals surface area contributed by atoms with Gasteiger partial charge in [0.05, 0.1) is 22.7 Å². The van der Waals surface area contributed by atoms with Crippen LogP contribution >= 0.6 is 15.9 Å². The quantitative estimate of drug-likeness (QED) is 0.713. The first-order chi connectivity index (χ1) is 12.8. The van der Waals surface area contributed by atoms with Gasteiger partial charge < -0.3 is 19.7 Å². The van der Waals surface area contributed by atoms with E-state index in [-0.39, 0.29) is 12.5 Å². The molecule has 0 heterocycles. The van der Waals surface area contributed by atoms with Crippen LogP contribution in [0, 0.1) is 18.3 Å². The van der Waals surface area contributed by atoms with Crippen molar-refractivity contribution in [3.8, 4) is 17.6 Å². The fourth-order valence-corrected chi connectivity index (χ4v) is 3.16. The Morgan fingerprint density at radius 2 is 2.00 bits per heavy atom. The van der Waals surface area contributed by atoms with Crippen LogP contribution in [0.25, 0.3) is 0 Å². The van der Waals surface area contributed by atoms with Gasteiger partial charge in [-0.2, -0.15) is 5.26 Å². The Bertz CT molecular complexity index is 876. The molecule has 7 heteroatoms. The maximum Gasteiger partial charge on any atom is 0.262 e. The second-order valence-corrected chi connectivity index (χ2v) is 6.92. The molecule has 1 N–H and O–H groups in total. The van der Waals surface area contributed by atoms with Gasteiger partial charge in [-0.15, -0.1) is 0 Å². The van der Waals surface area contributed by atoms with E-state index in [1.807, 2.05) is 51.0 Å². The summed E-state index contributed by atoms with van der Waals surface area (Å²) in [5.74, 6) is 0.526. The number of hydrogen-bond acceptors (Lipinski definition) is 5. The van der Waals surface area contributed by atoms with Crippen molar-refractivity contribution >= 4 is 33.2 Å². The highest BCUT2D eigenvalue weighted by Gasteiger charge is 2.14. The molecule has 0 saturated carbocycles. The van der Waals surface area contributed by atoms with Crippen LogP contribution in [0.5, 0.6) is 11.5 Å². The summed E-state index contributed by atoms with van der Waals surface area (Å²) in [5, 5.41) is 11.9. The van der Waals surface area contributed by atoms with Gasteiger partial charge in [0.25, 0.3) is 5.91 Å². The van der Waals surface area contributed by atoms with E-state index in [0.717, 1.165) is 11.3 Å². The summed E-state index contributed by atoms with van der Waals surface area (Å²) in [7, 11) is 3.94. The van der Waals surface area contributed by atoms with Gasteiger partial charge in [0.1, 0.15) is 0 Å². The Morgan fingerprint density at radius 3 is 2.59 bits per heavy atom. The van der Waals surface area contributed by atoms with Gasteiger partial charge in [-0.1, -0.05) is 0 Å². The summed E-state index contributed by atoms with van der Waals surface area (Å²) in [6, 6.07) is 11.0. The highest BCUT2D eigenvalue weighted by Crippen LogP contribution is 2.36. The van der Waals surface area contributed by atoms with Gasteiger partial charge in [-0.3, -0.25) is 4.79 Å². The second-order valence-electron chi connectivity index (χ2n) is 6.06. The van der Waals surface area contributed by atoms with Crippen LogP contribution < -0.4 is 19.7 Å². The third-order valence-corrected chi connectivity index (χ3v) is 4.34.